The van der Waals surface area contributed by atoms with E-state index in [2.05, 4.69) is 31.2 Å². The lowest BCUT2D eigenvalue weighted by molar-refractivity contribution is 0.142. The van der Waals surface area contributed by atoms with Gasteiger partial charge in [0.25, 0.3) is 0 Å². The highest BCUT2D eigenvalue weighted by molar-refractivity contribution is 4.84. The molecule has 0 heterocycles. The largest absolute Gasteiger partial charge is 0.392 e. The molecule has 3 atom stereocenters. The van der Waals surface area contributed by atoms with Gasteiger partial charge in [0, 0.05) is 12.1 Å². The van der Waals surface area contributed by atoms with Crippen LogP contribution in [-0.2, 0) is 0 Å². The van der Waals surface area contributed by atoms with E-state index in [1.807, 2.05) is 0 Å². The van der Waals surface area contributed by atoms with Gasteiger partial charge in [-0.25, -0.2) is 0 Å². The van der Waals surface area contributed by atoms with E-state index in [1.54, 1.807) is 0 Å². The molecule has 1 aliphatic carbocycles. The average molecular weight is 200 g/mol. The first-order valence-electron chi connectivity index (χ1n) is 5.68. The summed E-state index contributed by atoms with van der Waals surface area (Å²) in [7, 11) is 4.19. The van der Waals surface area contributed by atoms with Crippen molar-refractivity contribution in [2.75, 3.05) is 20.6 Å². The third-order valence-corrected chi connectivity index (χ3v) is 2.99. The number of hydrogen-bond donors (Lipinski definition) is 2. The number of aliphatic hydroxyl groups excluding tert-OH is 1. The van der Waals surface area contributed by atoms with Crippen LogP contribution in [0.2, 0.25) is 0 Å². The molecule has 0 bridgehead atoms. The molecule has 2 N–H and O–H groups in total. The van der Waals surface area contributed by atoms with Crippen LogP contribution in [0.3, 0.4) is 0 Å². The van der Waals surface area contributed by atoms with Crippen molar-refractivity contribution in [1.82, 2.24) is 10.2 Å². The van der Waals surface area contributed by atoms with Gasteiger partial charge in [0.05, 0.1) is 6.10 Å². The molecule has 0 spiro atoms. The second kappa shape index (κ2) is 5.69. The van der Waals surface area contributed by atoms with Gasteiger partial charge < -0.3 is 15.3 Å². The van der Waals surface area contributed by atoms with Crippen LogP contribution in [0.15, 0.2) is 0 Å². The number of aliphatic hydroxyl groups is 1. The van der Waals surface area contributed by atoms with Gasteiger partial charge >= 0.3 is 0 Å². The van der Waals surface area contributed by atoms with Crippen LogP contribution in [0.5, 0.6) is 0 Å². The van der Waals surface area contributed by atoms with Crippen LogP contribution in [0.1, 0.15) is 32.6 Å². The Kier molecular flexibility index (Phi) is 4.85. The lowest BCUT2D eigenvalue weighted by Gasteiger charge is -2.23. The Balaban J connectivity index is 2.16. The predicted octanol–water partition coefficient (Wildman–Crippen LogP) is 0.830. The molecule has 3 nitrogen and oxygen atoms in total. The molecule has 0 aliphatic heterocycles. The maximum absolute atomic E-state index is 9.64. The Hall–Kier alpha value is -0.120. The summed E-state index contributed by atoms with van der Waals surface area (Å²) < 4.78 is 0. The van der Waals surface area contributed by atoms with Crippen molar-refractivity contribution in [2.45, 2.75) is 50.8 Å². The van der Waals surface area contributed by atoms with Gasteiger partial charge in [-0.3, -0.25) is 0 Å². The van der Waals surface area contributed by atoms with Crippen molar-refractivity contribution < 1.29 is 5.11 Å². The van der Waals surface area contributed by atoms with Crippen LogP contribution in [0.4, 0.5) is 0 Å². The number of nitrogens with one attached hydrogen (secondary N) is 1. The van der Waals surface area contributed by atoms with Crippen molar-refractivity contribution in [1.29, 1.82) is 0 Å². The highest BCUT2D eigenvalue weighted by Gasteiger charge is 2.25. The molecule has 1 aliphatic rings. The van der Waals surface area contributed by atoms with Gasteiger partial charge in [-0.1, -0.05) is 0 Å². The zero-order chi connectivity index (χ0) is 10.6. The Bertz CT molecular complexity index is 161. The lowest BCUT2D eigenvalue weighted by atomic mass is 10.1. The van der Waals surface area contributed by atoms with Gasteiger partial charge in [-0.2, -0.15) is 0 Å². The topological polar surface area (TPSA) is 35.5 Å². The molecular weight excluding hydrogens is 176 g/mol. The quantitative estimate of drug-likeness (QED) is 0.690. The maximum Gasteiger partial charge on any atom is 0.0693 e. The summed E-state index contributed by atoms with van der Waals surface area (Å²) in [5, 5.41) is 13.1. The minimum atomic E-state index is -0.114. The SMILES string of the molecule is CC(CCN(C)C)NC1CCCC1O. The monoisotopic (exact) mass is 200 g/mol. The van der Waals surface area contributed by atoms with Crippen LogP contribution in [0.25, 0.3) is 0 Å². The van der Waals surface area contributed by atoms with E-state index < -0.39 is 0 Å². The molecule has 84 valence electrons. The van der Waals surface area contributed by atoms with Gasteiger partial charge in [0.2, 0.25) is 0 Å². The summed E-state index contributed by atoms with van der Waals surface area (Å²) >= 11 is 0. The van der Waals surface area contributed by atoms with Crippen molar-refractivity contribution in [3.05, 3.63) is 0 Å². The zero-order valence-electron chi connectivity index (χ0n) is 9.66. The molecule has 1 rings (SSSR count). The van der Waals surface area contributed by atoms with Gasteiger partial charge in [0.15, 0.2) is 0 Å². The summed E-state index contributed by atoms with van der Waals surface area (Å²) in [5.74, 6) is 0. The van der Waals surface area contributed by atoms with Crippen molar-refractivity contribution in [2.24, 2.45) is 0 Å². The molecule has 1 fully saturated rings. The van der Waals surface area contributed by atoms with Crippen LogP contribution >= 0.6 is 0 Å². The van der Waals surface area contributed by atoms with E-state index in [1.165, 1.54) is 6.42 Å². The first kappa shape index (κ1) is 12.0. The zero-order valence-corrected chi connectivity index (χ0v) is 9.66. The molecule has 0 amide bonds. The van der Waals surface area contributed by atoms with Crippen molar-refractivity contribution in [3.8, 4) is 0 Å². The summed E-state index contributed by atoms with van der Waals surface area (Å²) in [5.41, 5.74) is 0. The van der Waals surface area contributed by atoms with E-state index in [4.69, 9.17) is 0 Å². The van der Waals surface area contributed by atoms with Crippen LogP contribution < -0.4 is 5.32 Å². The highest BCUT2D eigenvalue weighted by atomic mass is 16.3. The third kappa shape index (κ3) is 3.95. The van der Waals surface area contributed by atoms with Crippen molar-refractivity contribution >= 4 is 0 Å². The summed E-state index contributed by atoms with van der Waals surface area (Å²) in [6, 6.07) is 0.849. The summed E-state index contributed by atoms with van der Waals surface area (Å²) in [4.78, 5) is 2.20. The van der Waals surface area contributed by atoms with E-state index >= 15 is 0 Å². The molecule has 0 saturated heterocycles. The predicted molar refractivity (Wildman–Crippen MR) is 59.4 cm³/mol. The molecule has 0 aromatic rings. The summed E-state index contributed by atoms with van der Waals surface area (Å²) in [6.45, 7) is 3.31. The molecule has 14 heavy (non-hydrogen) atoms. The fraction of sp³-hybridized carbons (Fsp3) is 1.00. The van der Waals surface area contributed by atoms with Gasteiger partial charge in [-0.15, -0.1) is 0 Å². The highest BCUT2D eigenvalue weighted by Crippen LogP contribution is 2.19. The van der Waals surface area contributed by atoms with E-state index in [0.717, 1.165) is 25.8 Å². The van der Waals surface area contributed by atoms with Gasteiger partial charge in [0.1, 0.15) is 0 Å². The Labute approximate surface area is 87.5 Å². The first-order valence-corrected chi connectivity index (χ1v) is 5.68. The Morgan fingerprint density at radius 2 is 2.14 bits per heavy atom. The lowest BCUT2D eigenvalue weighted by Crippen LogP contribution is -2.42. The molecule has 0 radical (unpaired) electrons. The fourth-order valence-electron chi connectivity index (χ4n) is 2.04. The maximum atomic E-state index is 9.64. The minimum Gasteiger partial charge on any atom is -0.392 e. The molecular formula is C11H24N2O. The molecule has 1 saturated carbocycles. The normalized spacial score (nSPS) is 29.8. The average Bonchev–Trinajstić information content (AvgIpc) is 2.49. The second-order valence-electron chi connectivity index (χ2n) is 4.76. The van der Waals surface area contributed by atoms with Crippen molar-refractivity contribution in [3.63, 3.8) is 0 Å². The summed E-state index contributed by atoms with van der Waals surface area (Å²) in [6.07, 6.45) is 4.30. The number of nitrogens with zero attached hydrogens (tertiary/aromatic N) is 1. The molecule has 0 aromatic carbocycles. The van der Waals surface area contributed by atoms with E-state index in [0.29, 0.717) is 12.1 Å². The standard InChI is InChI=1S/C11H24N2O/c1-9(7-8-13(2)3)12-10-5-4-6-11(10)14/h9-12,14H,4-8H2,1-3H3. The van der Waals surface area contributed by atoms with Crippen LogP contribution in [-0.4, -0.2) is 48.8 Å². The fourth-order valence-corrected chi connectivity index (χ4v) is 2.04. The van der Waals surface area contributed by atoms with Gasteiger partial charge in [-0.05, 0) is 53.2 Å². The Morgan fingerprint density at radius 1 is 1.43 bits per heavy atom. The molecule has 0 aromatic heterocycles. The molecule has 3 unspecified atom stereocenters. The second-order valence-corrected chi connectivity index (χ2v) is 4.76. The Morgan fingerprint density at radius 3 is 2.64 bits per heavy atom. The third-order valence-electron chi connectivity index (χ3n) is 2.99. The van der Waals surface area contributed by atoms with E-state index in [9.17, 15) is 5.11 Å². The number of rotatable bonds is 5. The molecule has 3 heteroatoms. The van der Waals surface area contributed by atoms with Crippen LogP contribution in [0, 0.1) is 0 Å². The minimum absolute atomic E-state index is 0.114. The first-order chi connectivity index (χ1) is 6.59. The van der Waals surface area contributed by atoms with E-state index in [-0.39, 0.29) is 6.10 Å². The smallest absolute Gasteiger partial charge is 0.0693 e. The number of hydrogen-bond acceptors (Lipinski definition) is 3.